The van der Waals surface area contributed by atoms with Crippen molar-refractivity contribution in [2.75, 3.05) is 14.1 Å². The molecule has 1 heterocycles. The zero-order valence-electron chi connectivity index (χ0n) is 9.31. The van der Waals surface area contributed by atoms with Crippen LogP contribution in [0.1, 0.15) is 11.4 Å². The Morgan fingerprint density at radius 2 is 2.13 bits per heavy atom. The highest BCUT2D eigenvalue weighted by Gasteiger charge is 2.21. The number of rotatable bonds is 3. The number of aryl methyl sites for hydroxylation is 2. The molecule has 15 heavy (non-hydrogen) atoms. The molecule has 0 atom stereocenters. The van der Waals surface area contributed by atoms with Gasteiger partial charge in [0.2, 0.25) is 0 Å². The number of aromatic nitrogens is 2. The van der Waals surface area contributed by atoms with Gasteiger partial charge in [0.15, 0.2) is 0 Å². The van der Waals surface area contributed by atoms with Gasteiger partial charge < -0.3 is 4.90 Å². The average Bonchev–Trinajstić information content (AvgIpc) is 2.37. The molecule has 0 aliphatic carbocycles. The highest BCUT2D eigenvalue weighted by molar-refractivity contribution is 5.58. The molecule has 0 spiro atoms. The lowest BCUT2D eigenvalue weighted by atomic mass is 10.3. The summed E-state index contributed by atoms with van der Waals surface area (Å²) in [5.41, 5.74) is 1.05. The van der Waals surface area contributed by atoms with Crippen molar-refractivity contribution >= 4 is 11.8 Å². The molecular weight excluding hydrogens is 196 g/mol. The summed E-state index contributed by atoms with van der Waals surface area (Å²) in [5, 5.41) is 14.8. The van der Waals surface area contributed by atoms with Crippen LogP contribution in [0.3, 0.4) is 0 Å². The van der Waals surface area contributed by atoms with Crippen LogP contribution in [0.15, 0.2) is 6.20 Å². The Morgan fingerprint density at radius 1 is 1.53 bits per heavy atom. The summed E-state index contributed by atoms with van der Waals surface area (Å²) in [6.45, 7) is 1.64. The molecule has 6 heteroatoms. The SMILES string of the molecule is Cc1nn(C)c(/C=C/[NH+](C)C)c1[N+](=O)[O-]. The van der Waals surface area contributed by atoms with Crippen LogP contribution < -0.4 is 4.90 Å². The molecular formula is C9H15N4O2+. The van der Waals surface area contributed by atoms with Crippen LogP contribution in [0.5, 0.6) is 0 Å². The van der Waals surface area contributed by atoms with E-state index >= 15 is 0 Å². The predicted molar refractivity (Wildman–Crippen MR) is 56.4 cm³/mol. The van der Waals surface area contributed by atoms with Crippen molar-refractivity contribution < 1.29 is 9.82 Å². The smallest absolute Gasteiger partial charge is 0.313 e. The van der Waals surface area contributed by atoms with Gasteiger partial charge in [-0.1, -0.05) is 0 Å². The van der Waals surface area contributed by atoms with Gasteiger partial charge in [0.05, 0.1) is 25.2 Å². The van der Waals surface area contributed by atoms with Crippen molar-refractivity contribution in [2.45, 2.75) is 6.92 Å². The highest BCUT2D eigenvalue weighted by atomic mass is 16.6. The van der Waals surface area contributed by atoms with Crippen molar-refractivity contribution in [1.29, 1.82) is 0 Å². The Labute approximate surface area is 88.0 Å². The Bertz CT molecular complexity index is 406. The molecule has 0 aliphatic heterocycles. The van der Waals surface area contributed by atoms with Gasteiger partial charge in [0, 0.05) is 13.1 Å². The van der Waals surface area contributed by atoms with Crippen LogP contribution in [0.2, 0.25) is 0 Å². The number of hydrogen-bond donors (Lipinski definition) is 1. The summed E-state index contributed by atoms with van der Waals surface area (Å²) in [7, 11) is 5.57. The van der Waals surface area contributed by atoms with Gasteiger partial charge in [-0.15, -0.1) is 0 Å². The molecule has 1 N–H and O–H groups in total. The van der Waals surface area contributed by atoms with Gasteiger partial charge in [-0.3, -0.25) is 14.8 Å². The van der Waals surface area contributed by atoms with E-state index in [9.17, 15) is 10.1 Å². The first-order valence-electron chi connectivity index (χ1n) is 4.59. The fraction of sp³-hybridized carbons (Fsp3) is 0.444. The molecule has 0 radical (unpaired) electrons. The second-order valence-corrected chi connectivity index (χ2v) is 3.61. The summed E-state index contributed by atoms with van der Waals surface area (Å²) in [6, 6.07) is 0. The second-order valence-electron chi connectivity index (χ2n) is 3.61. The van der Waals surface area contributed by atoms with Crippen LogP contribution in [-0.4, -0.2) is 28.8 Å². The minimum absolute atomic E-state index is 0.0787. The Balaban J connectivity index is 3.21. The summed E-state index contributed by atoms with van der Waals surface area (Å²) >= 11 is 0. The molecule has 0 aromatic carbocycles. The summed E-state index contributed by atoms with van der Waals surface area (Å²) in [5.74, 6) is 0. The third-order valence-corrected chi connectivity index (χ3v) is 1.99. The summed E-state index contributed by atoms with van der Waals surface area (Å²) < 4.78 is 1.52. The van der Waals surface area contributed by atoms with E-state index in [0.717, 1.165) is 4.90 Å². The molecule has 0 bridgehead atoms. The van der Waals surface area contributed by atoms with Gasteiger partial charge in [0.25, 0.3) is 0 Å². The van der Waals surface area contributed by atoms with Crippen molar-refractivity contribution in [1.82, 2.24) is 9.78 Å². The van der Waals surface area contributed by atoms with Gasteiger partial charge >= 0.3 is 5.69 Å². The molecule has 1 aromatic rings. The lowest BCUT2D eigenvalue weighted by Gasteiger charge is -1.97. The van der Waals surface area contributed by atoms with Gasteiger partial charge in [0.1, 0.15) is 11.4 Å². The average molecular weight is 211 g/mol. The summed E-state index contributed by atoms with van der Waals surface area (Å²) in [6.07, 6.45) is 3.55. The molecule has 0 amide bonds. The van der Waals surface area contributed by atoms with E-state index in [4.69, 9.17) is 0 Å². The fourth-order valence-electron chi connectivity index (χ4n) is 1.32. The van der Waals surface area contributed by atoms with Crippen molar-refractivity contribution in [3.05, 3.63) is 27.7 Å². The monoisotopic (exact) mass is 211 g/mol. The van der Waals surface area contributed by atoms with Crippen LogP contribution in [-0.2, 0) is 7.05 Å². The summed E-state index contributed by atoms with van der Waals surface area (Å²) in [4.78, 5) is 11.5. The maximum absolute atomic E-state index is 10.8. The number of nitrogens with one attached hydrogen (secondary N) is 1. The molecule has 0 saturated carbocycles. The van der Waals surface area contributed by atoms with E-state index < -0.39 is 4.92 Å². The largest absolute Gasteiger partial charge is 0.317 e. The predicted octanol–water partition coefficient (Wildman–Crippen LogP) is -0.248. The molecule has 0 fully saturated rings. The topological polar surface area (TPSA) is 65.4 Å². The number of quaternary nitrogens is 1. The normalized spacial score (nSPS) is 11.5. The quantitative estimate of drug-likeness (QED) is 0.554. The van der Waals surface area contributed by atoms with Gasteiger partial charge in [-0.25, -0.2) is 0 Å². The zero-order chi connectivity index (χ0) is 11.6. The number of hydrogen-bond acceptors (Lipinski definition) is 3. The maximum atomic E-state index is 10.8. The van der Waals surface area contributed by atoms with Crippen molar-refractivity contribution in [3.63, 3.8) is 0 Å². The first-order chi connectivity index (χ1) is 6.93. The third-order valence-electron chi connectivity index (χ3n) is 1.99. The molecule has 1 aromatic heterocycles. The van der Waals surface area contributed by atoms with E-state index in [1.165, 1.54) is 4.68 Å². The van der Waals surface area contributed by atoms with Crippen LogP contribution in [0, 0.1) is 17.0 Å². The van der Waals surface area contributed by atoms with Gasteiger partial charge in [-0.2, -0.15) is 5.10 Å². The second kappa shape index (κ2) is 4.22. The van der Waals surface area contributed by atoms with E-state index in [1.54, 1.807) is 20.0 Å². The molecule has 82 valence electrons. The first-order valence-corrected chi connectivity index (χ1v) is 4.59. The van der Waals surface area contributed by atoms with E-state index in [-0.39, 0.29) is 5.69 Å². The van der Waals surface area contributed by atoms with Crippen LogP contribution in [0.25, 0.3) is 6.08 Å². The van der Waals surface area contributed by atoms with Crippen LogP contribution in [0.4, 0.5) is 5.69 Å². The standard InChI is InChI=1S/C9H14N4O2/c1-7-9(13(14)15)8(12(4)10-7)5-6-11(2)3/h5-6H,1-4H3/p+1/b6-5+. The molecule has 6 nitrogen and oxygen atoms in total. The van der Waals surface area contributed by atoms with Crippen molar-refractivity contribution in [2.24, 2.45) is 7.05 Å². The lowest BCUT2D eigenvalue weighted by molar-refractivity contribution is -0.800. The molecule has 0 aliphatic rings. The van der Waals surface area contributed by atoms with E-state index in [2.05, 4.69) is 5.10 Å². The molecule has 0 unspecified atom stereocenters. The van der Waals surface area contributed by atoms with Gasteiger partial charge in [-0.05, 0) is 6.92 Å². The lowest BCUT2D eigenvalue weighted by Crippen LogP contribution is -3.00. The fourth-order valence-corrected chi connectivity index (χ4v) is 1.32. The number of nitrogens with zero attached hydrogens (tertiary/aromatic N) is 3. The highest BCUT2D eigenvalue weighted by Crippen LogP contribution is 2.22. The van der Waals surface area contributed by atoms with Crippen molar-refractivity contribution in [3.8, 4) is 0 Å². The Hall–Kier alpha value is -1.69. The number of nitro groups is 1. The first kappa shape index (κ1) is 11.4. The minimum Gasteiger partial charge on any atom is -0.313 e. The third kappa shape index (κ3) is 2.41. The minimum atomic E-state index is -0.396. The Morgan fingerprint density at radius 3 is 2.60 bits per heavy atom. The van der Waals surface area contributed by atoms with E-state index in [1.807, 2.05) is 20.3 Å². The molecule has 0 saturated heterocycles. The van der Waals surface area contributed by atoms with E-state index in [0.29, 0.717) is 11.4 Å². The maximum Gasteiger partial charge on any atom is 0.317 e. The molecule has 1 rings (SSSR count). The van der Waals surface area contributed by atoms with Crippen LogP contribution >= 0.6 is 0 Å². The zero-order valence-corrected chi connectivity index (χ0v) is 9.31. The Kier molecular flexibility index (Phi) is 3.21.